The average molecular weight is 234 g/mol. The number of anilines is 1. The molecule has 1 aliphatic heterocycles. The number of nitrogens with zero attached hydrogens (tertiary/aromatic N) is 2. The van der Waals surface area contributed by atoms with Gasteiger partial charge in [-0.05, 0) is 31.5 Å². The highest BCUT2D eigenvalue weighted by atomic mass is 19.1. The zero-order valence-electron chi connectivity index (χ0n) is 9.82. The second-order valence-corrected chi connectivity index (χ2v) is 4.29. The van der Waals surface area contributed by atoms with Crippen molar-refractivity contribution in [3.8, 4) is 6.07 Å². The third kappa shape index (κ3) is 2.95. The Labute approximate surface area is 100 Å². The van der Waals surface area contributed by atoms with Crippen molar-refractivity contribution in [3.63, 3.8) is 0 Å². The highest BCUT2D eigenvalue weighted by molar-refractivity contribution is 5.52. The number of rotatable bonds is 1. The lowest BCUT2D eigenvalue weighted by molar-refractivity contribution is 0.0821. The summed E-state index contributed by atoms with van der Waals surface area (Å²) in [5.41, 5.74) is 1.12. The number of benzene rings is 1. The molecule has 1 atom stereocenters. The van der Waals surface area contributed by atoms with E-state index in [0.29, 0.717) is 5.56 Å². The lowest BCUT2D eigenvalue weighted by Gasteiger charge is -2.24. The lowest BCUT2D eigenvalue weighted by Crippen LogP contribution is -2.30. The summed E-state index contributed by atoms with van der Waals surface area (Å²) >= 11 is 0. The predicted molar refractivity (Wildman–Crippen MR) is 63.4 cm³/mol. The predicted octanol–water partition coefficient (Wildman–Crippen LogP) is 2.31. The molecule has 0 N–H and O–H groups in total. The molecule has 1 heterocycles. The Morgan fingerprint density at radius 3 is 3.06 bits per heavy atom. The topological polar surface area (TPSA) is 36.3 Å². The first-order valence-electron chi connectivity index (χ1n) is 5.76. The minimum absolute atomic E-state index is 0.131. The van der Waals surface area contributed by atoms with Gasteiger partial charge in [0.05, 0.1) is 17.7 Å². The van der Waals surface area contributed by atoms with Crippen molar-refractivity contribution in [2.45, 2.75) is 19.4 Å². The summed E-state index contributed by atoms with van der Waals surface area (Å²) in [6.45, 7) is 4.30. The molecular weight excluding hydrogens is 219 g/mol. The quantitative estimate of drug-likeness (QED) is 0.748. The van der Waals surface area contributed by atoms with Gasteiger partial charge in [0, 0.05) is 25.4 Å². The van der Waals surface area contributed by atoms with Crippen molar-refractivity contribution in [1.82, 2.24) is 0 Å². The fourth-order valence-electron chi connectivity index (χ4n) is 2.05. The smallest absolute Gasteiger partial charge is 0.126 e. The zero-order valence-corrected chi connectivity index (χ0v) is 9.82. The second kappa shape index (κ2) is 5.15. The van der Waals surface area contributed by atoms with Gasteiger partial charge in [-0.15, -0.1) is 0 Å². The van der Waals surface area contributed by atoms with Crippen molar-refractivity contribution < 1.29 is 9.13 Å². The average Bonchev–Trinajstić information content (AvgIpc) is 2.53. The fourth-order valence-corrected chi connectivity index (χ4v) is 2.05. The van der Waals surface area contributed by atoms with Crippen molar-refractivity contribution >= 4 is 5.69 Å². The van der Waals surface area contributed by atoms with Gasteiger partial charge >= 0.3 is 0 Å². The molecule has 1 aromatic rings. The number of halogens is 1. The minimum Gasteiger partial charge on any atom is -0.377 e. The van der Waals surface area contributed by atoms with Gasteiger partial charge in [0.15, 0.2) is 0 Å². The Balaban J connectivity index is 2.26. The zero-order chi connectivity index (χ0) is 12.3. The van der Waals surface area contributed by atoms with E-state index in [0.717, 1.165) is 31.8 Å². The highest BCUT2D eigenvalue weighted by Gasteiger charge is 2.16. The van der Waals surface area contributed by atoms with E-state index in [1.807, 2.05) is 13.0 Å². The fraction of sp³-hybridized carbons (Fsp3) is 0.462. The lowest BCUT2D eigenvalue weighted by atomic mass is 10.2. The molecule has 90 valence electrons. The van der Waals surface area contributed by atoms with E-state index in [2.05, 4.69) is 4.90 Å². The van der Waals surface area contributed by atoms with Crippen LogP contribution < -0.4 is 4.90 Å². The van der Waals surface area contributed by atoms with Gasteiger partial charge in [-0.3, -0.25) is 0 Å². The van der Waals surface area contributed by atoms with Crippen LogP contribution in [0.3, 0.4) is 0 Å². The summed E-state index contributed by atoms with van der Waals surface area (Å²) < 4.78 is 18.9. The van der Waals surface area contributed by atoms with Gasteiger partial charge < -0.3 is 9.64 Å². The molecule has 17 heavy (non-hydrogen) atoms. The second-order valence-electron chi connectivity index (χ2n) is 4.29. The minimum atomic E-state index is -0.364. The summed E-state index contributed by atoms with van der Waals surface area (Å²) in [5, 5.41) is 8.83. The van der Waals surface area contributed by atoms with Crippen LogP contribution in [0.1, 0.15) is 18.9 Å². The van der Waals surface area contributed by atoms with Gasteiger partial charge in [0.1, 0.15) is 5.82 Å². The molecule has 0 spiro atoms. The van der Waals surface area contributed by atoms with Gasteiger partial charge in [0.2, 0.25) is 0 Å². The number of ether oxygens (including phenoxy) is 1. The van der Waals surface area contributed by atoms with Gasteiger partial charge in [-0.25, -0.2) is 4.39 Å². The molecule has 1 saturated heterocycles. The molecule has 4 heteroatoms. The van der Waals surface area contributed by atoms with Gasteiger partial charge in [-0.1, -0.05) is 0 Å². The molecule has 1 fully saturated rings. The van der Waals surface area contributed by atoms with Crippen LogP contribution in [0.25, 0.3) is 0 Å². The maximum Gasteiger partial charge on any atom is 0.126 e. The van der Waals surface area contributed by atoms with E-state index in [1.54, 1.807) is 6.07 Å². The normalized spacial score (nSPS) is 20.8. The van der Waals surface area contributed by atoms with Crippen LogP contribution in [0.15, 0.2) is 18.2 Å². The highest BCUT2D eigenvalue weighted by Crippen LogP contribution is 2.20. The maximum atomic E-state index is 13.4. The summed E-state index contributed by atoms with van der Waals surface area (Å²) in [7, 11) is 0. The molecule has 0 saturated carbocycles. The van der Waals surface area contributed by atoms with Crippen LogP contribution in [0.2, 0.25) is 0 Å². The number of hydrogen-bond donors (Lipinski definition) is 0. The molecule has 0 radical (unpaired) electrons. The molecule has 0 amide bonds. The molecule has 1 aliphatic rings. The van der Waals surface area contributed by atoms with E-state index >= 15 is 0 Å². The molecule has 0 aliphatic carbocycles. The summed E-state index contributed by atoms with van der Waals surface area (Å²) in [6.07, 6.45) is 1.05. The monoisotopic (exact) mass is 234 g/mol. The van der Waals surface area contributed by atoms with Crippen LogP contribution in [0.5, 0.6) is 0 Å². The summed E-state index contributed by atoms with van der Waals surface area (Å²) in [6, 6.07) is 6.42. The number of nitriles is 1. The van der Waals surface area contributed by atoms with Gasteiger partial charge in [-0.2, -0.15) is 5.26 Å². The Kier molecular flexibility index (Phi) is 3.60. The Morgan fingerprint density at radius 1 is 1.47 bits per heavy atom. The third-order valence-corrected chi connectivity index (χ3v) is 2.83. The standard InChI is InChI=1S/C13H15FN2O/c1-10-9-16(3-2-4-17-10)13-6-11(8-15)5-12(14)7-13/h5-7,10H,2-4,9H2,1H3. The molecule has 3 nitrogen and oxygen atoms in total. The van der Waals surface area contributed by atoms with E-state index in [1.165, 1.54) is 12.1 Å². The molecule has 0 bridgehead atoms. The van der Waals surface area contributed by atoms with Crippen LogP contribution >= 0.6 is 0 Å². The molecular formula is C13H15FN2O. The van der Waals surface area contributed by atoms with Crippen molar-refractivity contribution in [2.24, 2.45) is 0 Å². The maximum absolute atomic E-state index is 13.4. The summed E-state index contributed by atoms with van der Waals surface area (Å²) in [4.78, 5) is 2.07. The first-order valence-corrected chi connectivity index (χ1v) is 5.76. The number of hydrogen-bond acceptors (Lipinski definition) is 3. The van der Waals surface area contributed by atoms with E-state index in [9.17, 15) is 4.39 Å². The van der Waals surface area contributed by atoms with Crippen molar-refractivity contribution in [1.29, 1.82) is 5.26 Å². The van der Waals surface area contributed by atoms with Crippen LogP contribution in [0.4, 0.5) is 10.1 Å². The SMILES string of the molecule is CC1CN(c2cc(F)cc(C#N)c2)CCCO1. The van der Waals surface area contributed by atoms with Crippen LogP contribution in [-0.2, 0) is 4.74 Å². The molecule has 1 aromatic carbocycles. The van der Waals surface area contributed by atoms with Crippen molar-refractivity contribution in [2.75, 3.05) is 24.6 Å². The summed E-state index contributed by atoms with van der Waals surface area (Å²) in [5.74, 6) is -0.364. The Morgan fingerprint density at radius 2 is 2.29 bits per heavy atom. The largest absolute Gasteiger partial charge is 0.377 e. The Bertz CT molecular complexity index is 442. The first-order chi connectivity index (χ1) is 8.19. The third-order valence-electron chi connectivity index (χ3n) is 2.83. The van der Waals surface area contributed by atoms with E-state index in [-0.39, 0.29) is 11.9 Å². The molecule has 2 rings (SSSR count). The Hall–Kier alpha value is -1.60. The van der Waals surface area contributed by atoms with Crippen molar-refractivity contribution in [3.05, 3.63) is 29.6 Å². The molecule has 1 unspecified atom stereocenters. The van der Waals surface area contributed by atoms with Gasteiger partial charge in [0.25, 0.3) is 0 Å². The van der Waals surface area contributed by atoms with Crippen LogP contribution in [-0.4, -0.2) is 25.8 Å². The van der Waals surface area contributed by atoms with Crippen LogP contribution in [0, 0.1) is 17.1 Å². The van der Waals surface area contributed by atoms with E-state index < -0.39 is 0 Å². The molecule has 0 aromatic heterocycles. The van der Waals surface area contributed by atoms with E-state index in [4.69, 9.17) is 10.00 Å². The first kappa shape index (κ1) is 11.9.